The maximum absolute atomic E-state index is 5.99. The van der Waals surface area contributed by atoms with Crippen LogP contribution in [0.3, 0.4) is 0 Å². The average Bonchev–Trinajstić information content (AvgIpc) is 2.71. The number of anilines is 1. The Kier molecular flexibility index (Phi) is 3.78. The van der Waals surface area contributed by atoms with E-state index in [1.807, 2.05) is 0 Å². The van der Waals surface area contributed by atoms with E-state index in [4.69, 9.17) is 11.6 Å². The zero-order chi connectivity index (χ0) is 13.3. The Morgan fingerprint density at radius 3 is 2.67 bits per heavy atom. The number of thiophene rings is 1. The van der Waals surface area contributed by atoms with Crippen molar-refractivity contribution in [3.05, 3.63) is 16.2 Å². The second-order valence-corrected chi connectivity index (χ2v) is 6.44. The van der Waals surface area contributed by atoms with Gasteiger partial charge in [-0.25, -0.2) is 9.97 Å². The maximum Gasteiger partial charge on any atom is 0.225 e. The largest absolute Gasteiger partial charge is 0.365 e. The normalized spacial score (nSPS) is 12.1. The zero-order valence-electron chi connectivity index (χ0n) is 11.2. The lowest BCUT2D eigenvalue weighted by atomic mass is 10.0. The van der Waals surface area contributed by atoms with Crippen molar-refractivity contribution in [1.82, 2.24) is 9.97 Å². The predicted octanol–water partition coefficient (Wildman–Crippen LogP) is 4.51. The molecule has 18 heavy (non-hydrogen) atoms. The highest BCUT2D eigenvalue weighted by atomic mass is 35.5. The van der Waals surface area contributed by atoms with Crippen LogP contribution in [0.5, 0.6) is 0 Å². The average molecular weight is 284 g/mol. The molecule has 2 rings (SSSR count). The molecule has 0 bridgehead atoms. The zero-order valence-corrected chi connectivity index (χ0v) is 12.7. The Hall–Kier alpha value is -0.870. The second kappa shape index (κ2) is 5.02. The first-order chi connectivity index (χ1) is 8.45. The van der Waals surface area contributed by atoms with Crippen LogP contribution in [0, 0.1) is 0 Å². The molecule has 0 saturated carbocycles. The van der Waals surface area contributed by atoms with Crippen LogP contribution in [0.2, 0.25) is 5.28 Å². The SMILES string of the molecule is CCc1cc2c(NC(C)(C)CC)nc(Cl)nc2s1. The smallest absolute Gasteiger partial charge is 0.225 e. The fourth-order valence-corrected chi connectivity index (χ4v) is 2.81. The molecule has 0 amide bonds. The molecular formula is C13H18ClN3S. The molecule has 5 heteroatoms. The van der Waals surface area contributed by atoms with Gasteiger partial charge >= 0.3 is 0 Å². The van der Waals surface area contributed by atoms with Gasteiger partial charge in [0.15, 0.2) is 0 Å². The van der Waals surface area contributed by atoms with E-state index >= 15 is 0 Å². The summed E-state index contributed by atoms with van der Waals surface area (Å²) in [6.45, 7) is 8.60. The first kappa shape index (κ1) is 13.6. The van der Waals surface area contributed by atoms with Crippen molar-refractivity contribution in [3.63, 3.8) is 0 Å². The topological polar surface area (TPSA) is 37.8 Å². The van der Waals surface area contributed by atoms with Crippen molar-refractivity contribution in [2.75, 3.05) is 5.32 Å². The van der Waals surface area contributed by atoms with E-state index in [1.54, 1.807) is 11.3 Å². The molecule has 0 unspecified atom stereocenters. The van der Waals surface area contributed by atoms with Crippen LogP contribution < -0.4 is 5.32 Å². The minimum Gasteiger partial charge on any atom is -0.365 e. The van der Waals surface area contributed by atoms with E-state index in [-0.39, 0.29) is 5.54 Å². The van der Waals surface area contributed by atoms with Gasteiger partial charge in [0.25, 0.3) is 0 Å². The highest BCUT2D eigenvalue weighted by molar-refractivity contribution is 7.18. The molecule has 0 radical (unpaired) electrons. The Bertz CT molecular complexity index is 563. The van der Waals surface area contributed by atoms with E-state index in [9.17, 15) is 0 Å². The second-order valence-electron chi connectivity index (χ2n) is 4.99. The van der Waals surface area contributed by atoms with Gasteiger partial charge in [0.1, 0.15) is 10.6 Å². The quantitative estimate of drug-likeness (QED) is 0.839. The lowest BCUT2D eigenvalue weighted by Gasteiger charge is -2.25. The maximum atomic E-state index is 5.99. The fraction of sp³-hybridized carbons (Fsp3) is 0.538. The fourth-order valence-electron chi connectivity index (χ4n) is 1.62. The molecule has 1 N–H and O–H groups in total. The summed E-state index contributed by atoms with van der Waals surface area (Å²) >= 11 is 7.68. The van der Waals surface area contributed by atoms with Crippen molar-refractivity contribution < 1.29 is 0 Å². The highest BCUT2D eigenvalue weighted by Gasteiger charge is 2.18. The summed E-state index contributed by atoms with van der Waals surface area (Å²) in [7, 11) is 0. The molecule has 2 aromatic heterocycles. The van der Waals surface area contributed by atoms with Gasteiger partial charge in [-0.15, -0.1) is 11.3 Å². The molecule has 2 aromatic rings. The molecular weight excluding hydrogens is 266 g/mol. The van der Waals surface area contributed by atoms with Gasteiger partial charge in [0, 0.05) is 10.4 Å². The summed E-state index contributed by atoms with van der Waals surface area (Å²) in [5, 5.41) is 4.84. The summed E-state index contributed by atoms with van der Waals surface area (Å²) < 4.78 is 0. The molecule has 0 aromatic carbocycles. The van der Waals surface area contributed by atoms with Crippen molar-refractivity contribution >= 4 is 39.0 Å². The Labute approximate surface area is 117 Å². The van der Waals surface area contributed by atoms with Gasteiger partial charge in [-0.1, -0.05) is 13.8 Å². The number of nitrogens with zero attached hydrogens (tertiary/aromatic N) is 2. The van der Waals surface area contributed by atoms with Crippen LogP contribution in [-0.4, -0.2) is 15.5 Å². The predicted molar refractivity (Wildman–Crippen MR) is 79.8 cm³/mol. The van der Waals surface area contributed by atoms with Crippen LogP contribution >= 0.6 is 22.9 Å². The monoisotopic (exact) mass is 283 g/mol. The number of aromatic nitrogens is 2. The minimum absolute atomic E-state index is 0.00106. The lowest BCUT2D eigenvalue weighted by molar-refractivity contribution is 0.545. The van der Waals surface area contributed by atoms with Crippen molar-refractivity contribution in [3.8, 4) is 0 Å². The summed E-state index contributed by atoms with van der Waals surface area (Å²) in [4.78, 5) is 10.9. The first-order valence-electron chi connectivity index (χ1n) is 6.19. The van der Waals surface area contributed by atoms with Crippen LogP contribution in [0.25, 0.3) is 10.2 Å². The van der Waals surface area contributed by atoms with Gasteiger partial charge in [-0.05, 0) is 44.4 Å². The Balaban J connectivity index is 2.51. The number of hydrogen-bond donors (Lipinski definition) is 1. The van der Waals surface area contributed by atoms with Crippen LogP contribution in [-0.2, 0) is 6.42 Å². The third-order valence-corrected chi connectivity index (χ3v) is 4.45. The van der Waals surface area contributed by atoms with E-state index in [0.717, 1.165) is 28.9 Å². The van der Waals surface area contributed by atoms with Crippen LogP contribution in [0.1, 0.15) is 39.0 Å². The molecule has 2 heterocycles. The van der Waals surface area contributed by atoms with Crippen LogP contribution in [0.4, 0.5) is 5.82 Å². The summed E-state index contributed by atoms with van der Waals surface area (Å²) in [6, 6.07) is 2.16. The third kappa shape index (κ3) is 2.75. The summed E-state index contributed by atoms with van der Waals surface area (Å²) in [5.41, 5.74) is -0.00106. The number of hydrogen-bond acceptors (Lipinski definition) is 4. The van der Waals surface area contributed by atoms with Crippen molar-refractivity contribution in [1.29, 1.82) is 0 Å². The van der Waals surface area contributed by atoms with E-state index < -0.39 is 0 Å². The van der Waals surface area contributed by atoms with E-state index in [0.29, 0.717) is 5.28 Å². The van der Waals surface area contributed by atoms with E-state index in [1.165, 1.54) is 4.88 Å². The summed E-state index contributed by atoms with van der Waals surface area (Å²) in [6.07, 6.45) is 2.02. The number of fused-ring (bicyclic) bond motifs is 1. The van der Waals surface area contributed by atoms with Crippen molar-refractivity contribution in [2.45, 2.75) is 46.1 Å². The first-order valence-corrected chi connectivity index (χ1v) is 7.38. The molecule has 0 saturated heterocycles. The molecule has 0 aliphatic carbocycles. The molecule has 98 valence electrons. The molecule has 0 spiro atoms. The number of nitrogens with one attached hydrogen (secondary N) is 1. The molecule has 0 aliphatic rings. The van der Waals surface area contributed by atoms with E-state index in [2.05, 4.69) is 49.0 Å². The van der Waals surface area contributed by atoms with Crippen LogP contribution in [0.15, 0.2) is 6.07 Å². The molecule has 3 nitrogen and oxygen atoms in total. The molecule has 0 atom stereocenters. The van der Waals surface area contributed by atoms with Gasteiger partial charge in [0.2, 0.25) is 5.28 Å². The lowest BCUT2D eigenvalue weighted by Crippen LogP contribution is -2.30. The van der Waals surface area contributed by atoms with Crippen molar-refractivity contribution in [2.24, 2.45) is 0 Å². The number of halogens is 1. The Morgan fingerprint density at radius 2 is 2.06 bits per heavy atom. The number of rotatable bonds is 4. The molecule has 0 aliphatic heterocycles. The standard InChI is InChI=1S/C13H18ClN3S/c1-5-8-7-9-10(17-13(3,4)6-2)15-12(14)16-11(9)18-8/h7H,5-6H2,1-4H3,(H,15,16,17). The van der Waals surface area contributed by atoms with Gasteiger partial charge in [-0.3, -0.25) is 0 Å². The minimum atomic E-state index is -0.00106. The van der Waals surface area contributed by atoms with Gasteiger partial charge < -0.3 is 5.32 Å². The van der Waals surface area contributed by atoms with Gasteiger partial charge in [0.05, 0.1) is 5.39 Å². The highest BCUT2D eigenvalue weighted by Crippen LogP contribution is 2.32. The summed E-state index contributed by atoms with van der Waals surface area (Å²) in [5.74, 6) is 0.841. The Morgan fingerprint density at radius 1 is 1.33 bits per heavy atom. The third-order valence-electron chi connectivity index (χ3n) is 3.11. The molecule has 0 fully saturated rings. The van der Waals surface area contributed by atoms with Gasteiger partial charge in [-0.2, -0.15) is 0 Å². The number of aryl methyl sites for hydroxylation is 1.